The van der Waals surface area contributed by atoms with Crippen molar-refractivity contribution in [3.8, 4) is 17.2 Å². The number of imide groups is 1. The van der Waals surface area contributed by atoms with E-state index in [0.29, 0.717) is 4.90 Å². The Morgan fingerprint density at radius 2 is 1.68 bits per heavy atom. The van der Waals surface area contributed by atoms with Crippen molar-refractivity contribution in [2.45, 2.75) is 30.9 Å². The number of halogens is 2. The monoisotopic (exact) mass is 817 g/mol. The average molecular weight is 818 g/mol. The van der Waals surface area contributed by atoms with Crippen molar-refractivity contribution in [1.82, 2.24) is 25.3 Å². The van der Waals surface area contributed by atoms with Crippen LogP contribution >= 0.6 is 19.2 Å². The lowest BCUT2D eigenvalue weighted by atomic mass is 9.72. The lowest BCUT2D eigenvalue weighted by Gasteiger charge is -2.36. The van der Waals surface area contributed by atoms with E-state index in [-0.39, 0.29) is 60.7 Å². The molecule has 0 saturated carbocycles. The summed E-state index contributed by atoms with van der Waals surface area (Å²) in [4.78, 5) is 101. The molecule has 2 saturated heterocycles. The molecule has 3 atom stereocenters. The number of carbonyl (C=O) groups excluding carboxylic acids is 5. The highest BCUT2D eigenvalue weighted by Crippen LogP contribution is 2.37. The molecule has 19 nitrogen and oxygen atoms in total. The number of aromatic hydroxyl groups is 2. The van der Waals surface area contributed by atoms with Crippen LogP contribution in [0, 0.1) is 5.82 Å². The molecule has 23 heteroatoms. The van der Waals surface area contributed by atoms with Crippen molar-refractivity contribution in [3.63, 3.8) is 0 Å². The van der Waals surface area contributed by atoms with E-state index in [2.05, 4.69) is 10.6 Å². The van der Waals surface area contributed by atoms with Crippen molar-refractivity contribution < 1.29 is 72.5 Å². The zero-order valence-corrected chi connectivity index (χ0v) is 30.3. The number of fused-ring (bicyclic) bond motifs is 1. The number of likely N-dealkylation sites (tertiary alicyclic amines) is 1. The highest BCUT2D eigenvalue weighted by atomic mass is 35.5. The summed E-state index contributed by atoms with van der Waals surface area (Å²) >= 11 is 6.04. The number of urea groups is 1. The predicted molar refractivity (Wildman–Crippen MR) is 190 cm³/mol. The number of piperazine rings is 1. The standard InChI is InChI=1S/C33H31BClFN5O14P/c35-24-19(6-8-21(42)26(24)43)29(45)39-10-9-17(14-39)40-11-12-41(31(47)30(40)46)33(50)38-25(15-1-4-18(5-2-15)56(52,53)54)28(44)37-22-13-16-3-7-20(36)23(32(48)49)27(16)55-34(22)51/h1-8,17,22,25,42-43,51H,9-14H2,(H,37,44)(H,38,50)(H,48,49)(H2,52,53,54)/t17?,22-,25?/m0/s1. The van der Waals surface area contributed by atoms with Crippen molar-refractivity contribution in [1.29, 1.82) is 0 Å². The number of rotatable bonds is 8. The van der Waals surface area contributed by atoms with Gasteiger partial charge in [-0.1, -0.05) is 29.8 Å². The number of amides is 6. The first kappa shape index (κ1) is 40.0. The third kappa shape index (κ3) is 7.71. The number of benzene rings is 3. The summed E-state index contributed by atoms with van der Waals surface area (Å²) in [6.07, 6.45) is -0.0105. The molecule has 3 aliphatic rings. The summed E-state index contributed by atoms with van der Waals surface area (Å²) in [6, 6.07) is 5.05. The molecule has 294 valence electrons. The van der Waals surface area contributed by atoms with Gasteiger partial charge in [-0.05, 0) is 54.3 Å². The zero-order chi connectivity index (χ0) is 40.8. The Balaban J connectivity index is 1.16. The molecule has 0 bridgehead atoms. The molecule has 0 spiro atoms. The molecule has 0 aliphatic carbocycles. The Kier molecular flexibility index (Phi) is 11.0. The fraction of sp³-hybridized carbons (Fsp3) is 0.273. The first-order valence-corrected chi connectivity index (χ1v) is 18.6. The molecule has 56 heavy (non-hydrogen) atoms. The number of carbonyl (C=O) groups is 6. The van der Waals surface area contributed by atoms with Crippen molar-refractivity contribution in [3.05, 3.63) is 81.6 Å². The van der Waals surface area contributed by atoms with E-state index < -0.39 is 102 Å². The summed E-state index contributed by atoms with van der Waals surface area (Å²) in [6.45, 7) is -0.393. The second kappa shape index (κ2) is 15.4. The van der Waals surface area contributed by atoms with E-state index >= 15 is 0 Å². The Morgan fingerprint density at radius 3 is 2.34 bits per heavy atom. The maximum absolute atomic E-state index is 14.2. The molecular weight excluding hydrogens is 787 g/mol. The van der Waals surface area contributed by atoms with Crippen molar-refractivity contribution in [2.75, 3.05) is 26.2 Å². The van der Waals surface area contributed by atoms with E-state index in [9.17, 15) is 67.9 Å². The first-order valence-electron chi connectivity index (χ1n) is 16.7. The van der Waals surface area contributed by atoms with Crippen LogP contribution in [0.5, 0.6) is 17.2 Å². The molecule has 2 unspecified atom stereocenters. The Morgan fingerprint density at radius 1 is 0.982 bits per heavy atom. The van der Waals surface area contributed by atoms with E-state index in [1.807, 2.05) is 0 Å². The summed E-state index contributed by atoms with van der Waals surface area (Å²) in [5.74, 6) is -9.73. The van der Waals surface area contributed by atoms with Gasteiger partial charge < -0.3 is 55.2 Å². The SMILES string of the molecule is O=C(O)c1c(F)ccc2c1OB(O)[C@@H](NC(=O)C(NC(=O)N1CCN(C3CCN(C(=O)c4ccc(O)c(O)c4Cl)C3)C(=O)C1=O)c1ccc(P(=O)(O)O)cc1)C2. The number of phenolic OH excluding ortho intramolecular Hbond substituents is 2. The lowest BCUT2D eigenvalue weighted by molar-refractivity contribution is -0.155. The highest BCUT2D eigenvalue weighted by molar-refractivity contribution is 7.60. The van der Waals surface area contributed by atoms with Crippen LogP contribution in [-0.4, -0.2) is 126 Å². The Hall–Kier alpha value is -5.73. The number of nitrogens with zero attached hydrogens (tertiary/aromatic N) is 3. The zero-order valence-electron chi connectivity index (χ0n) is 28.7. The van der Waals surface area contributed by atoms with Gasteiger partial charge in [-0.25, -0.2) is 14.0 Å². The summed E-state index contributed by atoms with van der Waals surface area (Å²) in [7, 11) is -6.64. The molecule has 0 radical (unpaired) electrons. The molecule has 3 heterocycles. The van der Waals surface area contributed by atoms with E-state index in [0.717, 1.165) is 36.4 Å². The topological polar surface area (TPSA) is 284 Å². The highest BCUT2D eigenvalue weighted by Gasteiger charge is 2.44. The van der Waals surface area contributed by atoms with Crippen LogP contribution in [0.1, 0.15) is 44.3 Å². The minimum absolute atomic E-state index is 0.0252. The maximum atomic E-state index is 14.2. The Bertz CT molecular complexity index is 2210. The second-order valence-corrected chi connectivity index (χ2v) is 15.0. The quantitative estimate of drug-likeness (QED) is 0.0637. The van der Waals surface area contributed by atoms with E-state index in [4.69, 9.17) is 16.3 Å². The number of hydrogen-bond donors (Lipinski definition) is 8. The molecule has 6 amide bonds. The van der Waals surface area contributed by atoms with Crippen LogP contribution in [0.15, 0.2) is 48.5 Å². The van der Waals surface area contributed by atoms with Crippen molar-refractivity contribution >= 4 is 67.2 Å². The molecular formula is C33H31BClFN5O14P. The van der Waals surface area contributed by atoms with Gasteiger partial charge in [0.2, 0.25) is 5.91 Å². The van der Waals surface area contributed by atoms with Crippen LogP contribution in [0.25, 0.3) is 0 Å². The fourth-order valence-electron chi connectivity index (χ4n) is 6.65. The number of phenols is 2. The average Bonchev–Trinajstić information content (AvgIpc) is 3.64. The summed E-state index contributed by atoms with van der Waals surface area (Å²) < 4.78 is 31.3. The van der Waals surface area contributed by atoms with Crippen LogP contribution in [0.4, 0.5) is 9.18 Å². The summed E-state index contributed by atoms with van der Waals surface area (Å²) in [5.41, 5.74) is -0.865. The minimum Gasteiger partial charge on any atom is -0.534 e. The predicted octanol–water partition coefficient (Wildman–Crippen LogP) is -0.133. The van der Waals surface area contributed by atoms with Gasteiger partial charge in [0.25, 0.3) is 5.91 Å². The smallest absolute Gasteiger partial charge is 0.534 e. The van der Waals surface area contributed by atoms with Gasteiger partial charge in [0, 0.05) is 26.2 Å². The molecule has 3 aromatic rings. The van der Waals surface area contributed by atoms with Crippen LogP contribution in [-0.2, 0) is 25.4 Å². The molecule has 0 aromatic heterocycles. The van der Waals surface area contributed by atoms with Gasteiger partial charge >= 0.3 is 38.5 Å². The Labute approximate surface area is 320 Å². The molecule has 6 rings (SSSR count). The number of nitrogens with one attached hydrogen (secondary N) is 2. The molecule has 8 N–H and O–H groups in total. The lowest BCUT2D eigenvalue weighted by Crippen LogP contribution is -2.62. The third-order valence-corrected chi connectivity index (χ3v) is 10.9. The van der Waals surface area contributed by atoms with Gasteiger partial charge in [0.05, 0.1) is 27.9 Å². The maximum Gasteiger partial charge on any atom is 0.547 e. The third-order valence-electron chi connectivity index (χ3n) is 9.56. The minimum atomic E-state index is -4.73. The normalized spacial score (nSPS) is 18.9. The first-order chi connectivity index (χ1) is 26.4. The van der Waals surface area contributed by atoms with Gasteiger partial charge in [0.1, 0.15) is 23.2 Å². The van der Waals surface area contributed by atoms with E-state index in [1.54, 1.807) is 0 Å². The second-order valence-electron chi connectivity index (χ2n) is 13.0. The number of aromatic carboxylic acids is 1. The summed E-state index contributed by atoms with van der Waals surface area (Å²) in [5, 5.41) is 43.7. The number of hydrogen-bond acceptors (Lipinski definition) is 11. The largest absolute Gasteiger partial charge is 0.547 e. The van der Waals surface area contributed by atoms with E-state index in [1.165, 1.54) is 21.9 Å². The van der Waals surface area contributed by atoms with Crippen LogP contribution < -0.4 is 20.6 Å². The van der Waals surface area contributed by atoms with Crippen molar-refractivity contribution in [2.24, 2.45) is 0 Å². The van der Waals surface area contributed by atoms with Gasteiger partial charge in [-0.3, -0.25) is 28.6 Å². The fourth-order valence-corrected chi connectivity index (χ4v) is 7.43. The molecule has 3 aromatic carbocycles. The van der Waals surface area contributed by atoms with Gasteiger partial charge in [0.15, 0.2) is 11.5 Å². The van der Waals surface area contributed by atoms with Crippen LogP contribution in [0.2, 0.25) is 5.02 Å². The number of carboxylic acid groups (broad SMARTS) is 1. The van der Waals surface area contributed by atoms with Gasteiger partial charge in [-0.2, -0.15) is 0 Å². The molecule has 3 aliphatic heterocycles. The van der Waals surface area contributed by atoms with Crippen LogP contribution in [0.3, 0.4) is 0 Å². The number of carboxylic acids is 1. The molecule has 2 fully saturated rings. The van der Waals surface area contributed by atoms with Gasteiger partial charge in [-0.15, -0.1) is 0 Å².